The number of sulfonamides is 1. The molecule has 7 nitrogen and oxygen atoms in total. The van der Waals surface area contributed by atoms with Gasteiger partial charge in [-0.25, -0.2) is 13.4 Å². The second kappa shape index (κ2) is 11.0. The van der Waals surface area contributed by atoms with Crippen LogP contribution in [0, 0.1) is 5.92 Å². The van der Waals surface area contributed by atoms with Crippen LogP contribution in [0.2, 0.25) is 0 Å². The minimum atomic E-state index is -3.48. The van der Waals surface area contributed by atoms with E-state index in [4.69, 9.17) is 4.98 Å². The molecule has 1 aromatic heterocycles. The SMILES string of the molecule is O=C(NCCc1ccccc1)[C@@H]1CCCN(c2ccc3cc(S(=O)(=O)N4CCCCC4)ccc3n2)C1. The largest absolute Gasteiger partial charge is 0.356 e. The van der Waals surface area contributed by atoms with Crippen LogP contribution in [0.5, 0.6) is 0 Å². The Balaban J connectivity index is 1.24. The first kappa shape index (κ1) is 24.7. The number of aromatic nitrogens is 1. The average Bonchev–Trinajstić information content (AvgIpc) is 2.93. The maximum absolute atomic E-state index is 13.1. The van der Waals surface area contributed by atoms with E-state index >= 15 is 0 Å². The number of hydrogen-bond donors (Lipinski definition) is 1. The lowest BCUT2D eigenvalue weighted by atomic mass is 9.97. The van der Waals surface area contributed by atoms with Gasteiger partial charge in [0.1, 0.15) is 5.82 Å². The summed E-state index contributed by atoms with van der Waals surface area (Å²) in [6.07, 6.45) is 5.55. The fourth-order valence-electron chi connectivity index (χ4n) is 5.20. The van der Waals surface area contributed by atoms with Crippen LogP contribution >= 0.6 is 0 Å². The molecule has 5 rings (SSSR count). The zero-order valence-corrected chi connectivity index (χ0v) is 21.4. The van der Waals surface area contributed by atoms with E-state index in [1.807, 2.05) is 30.3 Å². The Morgan fingerprint density at radius 1 is 0.944 bits per heavy atom. The number of carbonyl (C=O) groups is 1. The van der Waals surface area contributed by atoms with Crippen molar-refractivity contribution >= 4 is 32.7 Å². The minimum absolute atomic E-state index is 0.0657. The van der Waals surface area contributed by atoms with Gasteiger partial charge in [-0.1, -0.05) is 36.8 Å². The Labute approximate surface area is 213 Å². The molecule has 36 heavy (non-hydrogen) atoms. The van der Waals surface area contributed by atoms with Gasteiger partial charge in [0.25, 0.3) is 0 Å². The van der Waals surface area contributed by atoms with Crippen molar-refractivity contribution in [3.8, 4) is 0 Å². The van der Waals surface area contributed by atoms with Crippen LogP contribution in [0.1, 0.15) is 37.7 Å². The lowest BCUT2D eigenvalue weighted by Gasteiger charge is -2.33. The van der Waals surface area contributed by atoms with Gasteiger partial charge in [0, 0.05) is 38.1 Å². The molecule has 0 unspecified atom stereocenters. The highest BCUT2D eigenvalue weighted by atomic mass is 32.2. The molecule has 1 amide bonds. The number of fused-ring (bicyclic) bond motifs is 1. The predicted octanol–water partition coefficient (Wildman–Crippen LogP) is 3.98. The van der Waals surface area contributed by atoms with Gasteiger partial charge >= 0.3 is 0 Å². The van der Waals surface area contributed by atoms with Crippen LogP contribution in [0.3, 0.4) is 0 Å². The van der Waals surface area contributed by atoms with Crippen LogP contribution in [0.4, 0.5) is 5.82 Å². The fourth-order valence-corrected chi connectivity index (χ4v) is 6.76. The zero-order chi connectivity index (χ0) is 25.0. The van der Waals surface area contributed by atoms with E-state index in [1.54, 1.807) is 22.5 Å². The maximum Gasteiger partial charge on any atom is 0.243 e. The van der Waals surface area contributed by atoms with Gasteiger partial charge in [0.15, 0.2) is 0 Å². The fraction of sp³-hybridized carbons (Fsp3) is 0.429. The Hall–Kier alpha value is -2.97. The van der Waals surface area contributed by atoms with Crippen molar-refractivity contribution in [2.45, 2.75) is 43.4 Å². The Bertz CT molecular complexity index is 1310. The van der Waals surface area contributed by atoms with E-state index in [0.29, 0.717) is 31.1 Å². The molecule has 2 aromatic carbocycles. The van der Waals surface area contributed by atoms with Crippen molar-refractivity contribution in [3.05, 3.63) is 66.2 Å². The zero-order valence-electron chi connectivity index (χ0n) is 20.6. The summed E-state index contributed by atoms with van der Waals surface area (Å²) in [5, 5.41) is 3.91. The minimum Gasteiger partial charge on any atom is -0.356 e. The number of amides is 1. The van der Waals surface area contributed by atoms with Gasteiger partial charge in [0.05, 0.1) is 16.3 Å². The van der Waals surface area contributed by atoms with E-state index in [0.717, 1.165) is 61.8 Å². The van der Waals surface area contributed by atoms with Gasteiger partial charge in [-0.2, -0.15) is 4.31 Å². The summed E-state index contributed by atoms with van der Waals surface area (Å²) >= 11 is 0. The quantitative estimate of drug-likeness (QED) is 0.524. The van der Waals surface area contributed by atoms with Crippen molar-refractivity contribution < 1.29 is 13.2 Å². The van der Waals surface area contributed by atoms with Crippen LogP contribution in [0.25, 0.3) is 10.9 Å². The lowest BCUT2D eigenvalue weighted by Crippen LogP contribution is -2.43. The highest BCUT2D eigenvalue weighted by Crippen LogP contribution is 2.27. The monoisotopic (exact) mass is 506 g/mol. The summed E-state index contributed by atoms with van der Waals surface area (Å²) in [6.45, 7) is 3.31. The second-order valence-electron chi connectivity index (χ2n) is 9.80. The first-order valence-corrected chi connectivity index (χ1v) is 14.4. The molecule has 190 valence electrons. The third-order valence-electron chi connectivity index (χ3n) is 7.27. The summed E-state index contributed by atoms with van der Waals surface area (Å²) in [5.41, 5.74) is 1.98. The molecule has 1 atom stereocenters. The highest BCUT2D eigenvalue weighted by Gasteiger charge is 2.28. The Kier molecular flexibility index (Phi) is 7.53. The molecule has 2 aliphatic rings. The average molecular weight is 507 g/mol. The first-order chi connectivity index (χ1) is 17.5. The smallest absolute Gasteiger partial charge is 0.243 e. The molecule has 1 N–H and O–H groups in total. The first-order valence-electron chi connectivity index (χ1n) is 13.0. The molecule has 2 saturated heterocycles. The molecule has 0 spiro atoms. The Morgan fingerprint density at radius 2 is 1.75 bits per heavy atom. The summed E-state index contributed by atoms with van der Waals surface area (Å²) in [6, 6.07) is 19.3. The van der Waals surface area contributed by atoms with Crippen LogP contribution in [-0.2, 0) is 21.2 Å². The number of piperidine rings is 2. The van der Waals surface area contributed by atoms with Crippen molar-refractivity contribution in [1.82, 2.24) is 14.6 Å². The standard InChI is InChI=1S/C28H34N4O3S/c33-28(29-16-15-22-8-3-1-4-9-22)24-10-7-17-31(21-24)27-14-11-23-20-25(12-13-26(23)30-27)36(34,35)32-18-5-2-6-19-32/h1,3-4,8-9,11-14,20,24H,2,5-7,10,15-19,21H2,(H,29,33)/t24-/m1/s1. The Morgan fingerprint density at radius 3 is 2.56 bits per heavy atom. The van der Waals surface area contributed by atoms with Crippen molar-refractivity contribution in [1.29, 1.82) is 0 Å². The predicted molar refractivity (Wildman–Crippen MR) is 142 cm³/mol. The third-order valence-corrected chi connectivity index (χ3v) is 9.17. The van der Waals surface area contributed by atoms with Crippen molar-refractivity contribution in [3.63, 3.8) is 0 Å². The number of hydrogen-bond acceptors (Lipinski definition) is 5. The lowest BCUT2D eigenvalue weighted by molar-refractivity contribution is -0.125. The van der Waals surface area contributed by atoms with Crippen LogP contribution < -0.4 is 10.2 Å². The molecule has 2 fully saturated rings. The molecule has 3 aromatic rings. The highest BCUT2D eigenvalue weighted by molar-refractivity contribution is 7.89. The molecule has 0 bridgehead atoms. The molecular formula is C28H34N4O3S. The second-order valence-corrected chi connectivity index (χ2v) is 11.7. The van der Waals surface area contributed by atoms with E-state index in [2.05, 4.69) is 22.3 Å². The molecule has 2 aliphatic heterocycles. The molecular weight excluding hydrogens is 472 g/mol. The number of carbonyl (C=O) groups excluding carboxylic acids is 1. The van der Waals surface area contributed by atoms with Crippen LogP contribution in [0.15, 0.2) is 65.6 Å². The van der Waals surface area contributed by atoms with Crippen molar-refractivity contribution in [2.24, 2.45) is 5.92 Å². The number of benzene rings is 2. The molecule has 3 heterocycles. The van der Waals surface area contributed by atoms with E-state index in [1.165, 1.54) is 5.56 Å². The number of anilines is 1. The summed E-state index contributed by atoms with van der Waals surface area (Å²) in [5.74, 6) is 0.865. The normalized spacial score (nSPS) is 19.3. The van der Waals surface area contributed by atoms with Gasteiger partial charge < -0.3 is 10.2 Å². The number of rotatable bonds is 7. The van der Waals surface area contributed by atoms with E-state index < -0.39 is 10.0 Å². The van der Waals surface area contributed by atoms with E-state index in [-0.39, 0.29) is 11.8 Å². The maximum atomic E-state index is 13.1. The van der Waals surface area contributed by atoms with Crippen LogP contribution in [-0.4, -0.2) is 56.3 Å². The number of pyridine rings is 1. The van der Waals surface area contributed by atoms with Crippen molar-refractivity contribution in [2.75, 3.05) is 37.6 Å². The molecule has 8 heteroatoms. The number of nitrogens with one attached hydrogen (secondary N) is 1. The van der Waals surface area contributed by atoms with Gasteiger partial charge in [-0.15, -0.1) is 0 Å². The molecule has 0 aliphatic carbocycles. The molecule has 0 saturated carbocycles. The summed E-state index contributed by atoms with van der Waals surface area (Å²) in [7, 11) is -3.48. The number of nitrogens with zero attached hydrogens (tertiary/aromatic N) is 3. The summed E-state index contributed by atoms with van der Waals surface area (Å²) in [4.78, 5) is 20.1. The van der Waals surface area contributed by atoms with Gasteiger partial charge in [0.2, 0.25) is 15.9 Å². The van der Waals surface area contributed by atoms with Gasteiger partial charge in [-0.3, -0.25) is 4.79 Å². The third kappa shape index (κ3) is 5.55. The topological polar surface area (TPSA) is 82.6 Å². The van der Waals surface area contributed by atoms with E-state index in [9.17, 15) is 13.2 Å². The van der Waals surface area contributed by atoms with Gasteiger partial charge in [-0.05, 0) is 68.0 Å². The summed E-state index contributed by atoms with van der Waals surface area (Å²) < 4.78 is 27.7. The molecule has 0 radical (unpaired) electrons.